The first-order valence-corrected chi connectivity index (χ1v) is 9.22. The molecule has 8 heteroatoms. The number of hydrogen-bond acceptors (Lipinski definition) is 5. The summed E-state index contributed by atoms with van der Waals surface area (Å²) in [5.74, 6) is 0.230. The Labute approximate surface area is 167 Å². The molecule has 1 unspecified atom stereocenters. The summed E-state index contributed by atoms with van der Waals surface area (Å²) >= 11 is 6.45. The van der Waals surface area contributed by atoms with Crippen molar-refractivity contribution < 1.29 is 4.79 Å². The van der Waals surface area contributed by atoms with E-state index in [0.717, 1.165) is 22.4 Å². The van der Waals surface area contributed by atoms with Crippen LogP contribution in [0.2, 0.25) is 5.02 Å². The lowest BCUT2D eigenvalue weighted by atomic mass is 9.95. The highest BCUT2D eigenvalue weighted by atomic mass is 35.5. The van der Waals surface area contributed by atoms with Crippen LogP contribution in [-0.2, 0) is 4.79 Å². The number of amides is 1. The number of tetrazole rings is 1. The molecule has 7 nitrogen and oxygen atoms in total. The van der Waals surface area contributed by atoms with Crippen LogP contribution in [0.3, 0.4) is 0 Å². The van der Waals surface area contributed by atoms with E-state index >= 15 is 0 Å². The number of aromatic nitrogens is 4. The third kappa shape index (κ3) is 3.14. The molecule has 1 amide bonds. The SMILES string of the molecule is CC1=C(C(=O)Nc2ccc(C)cc2C)C(c2ccccc2Cl)n2nnnc2N1. The number of anilines is 2. The van der Waals surface area contributed by atoms with E-state index in [1.807, 2.05) is 57.2 Å². The van der Waals surface area contributed by atoms with Gasteiger partial charge in [0.2, 0.25) is 5.95 Å². The van der Waals surface area contributed by atoms with Crippen LogP contribution in [0.1, 0.15) is 29.7 Å². The second-order valence-electron chi connectivity index (χ2n) is 6.81. The molecule has 1 aliphatic heterocycles. The molecule has 1 atom stereocenters. The van der Waals surface area contributed by atoms with E-state index in [9.17, 15) is 4.79 Å². The van der Waals surface area contributed by atoms with Crippen molar-refractivity contribution >= 4 is 29.1 Å². The molecule has 0 aliphatic carbocycles. The fourth-order valence-corrected chi connectivity index (χ4v) is 3.67. The van der Waals surface area contributed by atoms with E-state index < -0.39 is 6.04 Å². The third-order valence-electron chi connectivity index (χ3n) is 4.79. The Bertz CT molecular complexity index is 1100. The third-order valence-corrected chi connectivity index (χ3v) is 5.13. The summed E-state index contributed by atoms with van der Waals surface area (Å²) in [6.07, 6.45) is 0. The van der Waals surface area contributed by atoms with Gasteiger partial charge in [0.1, 0.15) is 6.04 Å². The second kappa shape index (κ2) is 7.09. The van der Waals surface area contributed by atoms with Crippen molar-refractivity contribution in [2.45, 2.75) is 26.8 Å². The lowest BCUT2D eigenvalue weighted by molar-refractivity contribution is -0.113. The Kier molecular flexibility index (Phi) is 4.60. The molecule has 28 heavy (non-hydrogen) atoms. The van der Waals surface area contributed by atoms with Gasteiger partial charge in [-0.1, -0.05) is 52.6 Å². The molecular weight excluding hydrogens is 376 g/mol. The molecule has 0 fully saturated rings. The van der Waals surface area contributed by atoms with Crippen LogP contribution in [0.4, 0.5) is 11.6 Å². The number of allylic oxidation sites excluding steroid dienone is 1. The number of carbonyl (C=O) groups is 1. The molecule has 3 aromatic rings. The van der Waals surface area contributed by atoms with Gasteiger partial charge in [-0.3, -0.25) is 4.79 Å². The van der Waals surface area contributed by atoms with Gasteiger partial charge in [0.05, 0.1) is 5.57 Å². The van der Waals surface area contributed by atoms with E-state index in [2.05, 4.69) is 26.2 Å². The molecule has 0 radical (unpaired) electrons. The summed E-state index contributed by atoms with van der Waals surface area (Å²) in [6, 6.07) is 12.8. The van der Waals surface area contributed by atoms with Crippen LogP contribution in [0.15, 0.2) is 53.7 Å². The molecule has 2 aromatic carbocycles. The maximum atomic E-state index is 13.3. The number of fused-ring (bicyclic) bond motifs is 1. The van der Waals surface area contributed by atoms with Crippen molar-refractivity contribution in [3.8, 4) is 0 Å². The average Bonchev–Trinajstić information content (AvgIpc) is 3.11. The Morgan fingerprint density at radius 3 is 2.71 bits per heavy atom. The number of halogens is 1. The van der Waals surface area contributed by atoms with Crippen LogP contribution >= 0.6 is 11.6 Å². The highest BCUT2D eigenvalue weighted by molar-refractivity contribution is 6.31. The topological polar surface area (TPSA) is 84.7 Å². The quantitative estimate of drug-likeness (QED) is 0.704. The van der Waals surface area contributed by atoms with E-state index in [4.69, 9.17) is 11.6 Å². The molecule has 0 saturated heterocycles. The maximum Gasteiger partial charge on any atom is 0.255 e. The van der Waals surface area contributed by atoms with Gasteiger partial charge in [0, 0.05) is 22.0 Å². The minimum absolute atomic E-state index is 0.233. The zero-order valence-corrected chi connectivity index (χ0v) is 16.4. The summed E-state index contributed by atoms with van der Waals surface area (Å²) in [6.45, 7) is 5.82. The molecule has 0 saturated carbocycles. The first-order valence-electron chi connectivity index (χ1n) is 8.84. The van der Waals surface area contributed by atoms with Gasteiger partial charge >= 0.3 is 0 Å². The zero-order chi connectivity index (χ0) is 19.8. The van der Waals surface area contributed by atoms with Gasteiger partial charge in [-0.25, -0.2) is 0 Å². The molecule has 1 aromatic heterocycles. The van der Waals surface area contributed by atoms with Crippen molar-refractivity contribution in [1.29, 1.82) is 0 Å². The van der Waals surface area contributed by atoms with Gasteiger partial charge in [-0.05, 0) is 48.9 Å². The summed E-state index contributed by atoms with van der Waals surface area (Å²) in [4.78, 5) is 13.3. The highest BCUT2D eigenvalue weighted by Gasteiger charge is 2.35. The van der Waals surface area contributed by atoms with Gasteiger partial charge in [-0.2, -0.15) is 4.68 Å². The minimum atomic E-state index is -0.536. The molecule has 4 rings (SSSR count). The zero-order valence-electron chi connectivity index (χ0n) is 15.7. The molecule has 2 N–H and O–H groups in total. The summed E-state index contributed by atoms with van der Waals surface area (Å²) < 4.78 is 1.57. The van der Waals surface area contributed by atoms with Crippen molar-refractivity contribution in [1.82, 2.24) is 20.2 Å². The van der Waals surface area contributed by atoms with Crippen molar-refractivity contribution in [3.63, 3.8) is 0 Å². The summed E-state index contributed by atoms with van der Waals surface area (Å²) in [5, 5.41) is 18.5. The maximum absolute atomic E-state index is 13.3. The Morgan fingerprint density at radius 2 is 1.96 bits per heavy atom. The van der Waals surface area contributed by atoms with Crippen LogP contribution in [0.5, 0.6) is 0 Å². The number of nitrogens with zero attached hydrogens (tertiary/aromatic N) is 4. The van der Waals surface area contributed by atoms with Crippen LogP contribution in [0, 0.1) is 13.8 Å². The number of benzene rings is 2. The normalized spacial score (nSPS) is 15.8. The van der Waals surface area contributed by atoms with Crippen LogP contribution in [0.25, 0.3) is 0 Å². The fourth-order valence-electron chi connectivity index (χ4n) is 3.43. The lowest BCUT2D eigenvalue weighted by Gasteiger charge is -2.28. The number of hydrogen-bond donors (Lipinski definition) is 2. The highest BCUT2D eigenvalue weighted by Crippen LogP contribution is 2.37. The number of rotatable bonds is 3. The largest absolute Gasteiger partial charge is 0.326 e. The lowest BCUT2D eigenvalue weighted by Crippen LogP contribution is -2.31. The number of carbonyl (C=O) groups excluding carboxylic acids is 1. The van der Waals surface area contributed by atoms with Crippen molar-refractivity contribution in [2.24, 2.45) is 0 Å². The number of nitrogens with one attached hydrogen (secondary N) is 2. The summed E-state index contributed by atoms with van der Waals surface area (Å²) in [5.41, 5.74) is 4.83. The molecule has 142 valence electrons. The van der Waals surface area contributed by atoms with Gasteiger partial charge in [-0.15, -0.1) is 0 Å². The Hall–Kier alpha value is -3.19. The van der Waals surface area contributed by atoms with Crippen LogP contribution in [-0.4, -0.2) is 26.1 Å². The Morgan fingerprint density at radius 1 is 1.18 bits per heavy atom. The predicted molar refractivity (Wildman–Crippen MR) is 108 cm³/mol. The van der Waals surface area contributed by atoms with Gasteiger partial charge in [0.15, 0.2) is 0 Å². The van der Waals surface area contributed by atoms with E-state index in [1.54, 1.807) is 10.7 Å². The molecule has 2 heterocycles. The van der Waals surface area contributed by atoms with E-state index in [0.29, 0.717) is 22.2 Å². The molecule has 0 spiro atoms. The molecule has 0 bridgehead atoms. The standard InChI is InChI=1S/C20H19ClN6O/c1-11-8-9-16(12(2)10-11)23-19(28)17-13(3)22-20-24-25-26-27(20)18(17)14-6-4-5-7-15(14)21/h4-10,18H,1-3H3,(H,23,28)(H,22,24,26). The minimum Gasteiger partial charge on any atom is -0.326 e. The van der Waals surface area contributed by atoms with Gasteiger partial charge < -0.3 is 10.6 Å². The summed E-state index contributed by atoms with van der Waals surface area (Å²) in [7, 11) is 0. The van der Waals surface area contributed by atoms with Crippen molar-refractivity contribution in [3.05, 3.63) is 75.4 Å². The molecular formula is C20H19ClN6O. The monoisotopic (exact) mass is 394 g/mol. The van der Waals surface area contributed by atoms with E-state index in [1.165, 1.54) is 0 Å². The predicted octanol–water partition coefficient (Wildman–Crippen LogP) is 3.87. The van der Waals surface area contributed by atoms with Crippen LogP contribution < -0.4 is 10.6 Å². The Balaban J connectivity index is 1.79. The first-order chi connectivity index (χ1) is 13.5. The number of aryl methyl sites for hydroxylation is 2. The van der Waals surface area contributed by atoms with Crippen molar-refractivity contribution in [2.75, 3.05) is 10.6 Å². The van der Waals surface area contributed by atoms with E-state index in [-0.39, 0.29) is 5.91 Å². The second-order valence-corrected chi connectivity index (χ2v) is 7.21. The fraction of sp³-hybridized carbons (Fsp3) is 0.200. The average molecular weight is 395 g/mol. The smallest absolute Gasteiger partial charge is 0.255 e. The first kappa shape index (κ1) is 18.2. The van der Waals surface area contributed by atoms with Gasteiger partial charge in [0.25, 0.3) is 5.91 Å². The molecule has 1 aliphatic rings.